The quantitative estimate of drug-likeness (QED) is 0.686. The van der Waals surface area contributed by atoms with E-state index in [1.54, 1.807) is 18.7 Å². The summed E-state index contributed by atoms with van der Waals surface area (Å²) in [4.78, 5) is 13.0. The Hall–Kier alpha value is -0.320. The van der Waals surface area contributed by atoms with Gasteiger partial charge >= 0.3 is 0 Å². The van der Waals surface area contributed by atoms with E-state index in [4.69, 9.17) is 10.8 Å². The lowest BCUT2D eigenvalue weighted by atomic mass is 10.1. The van der Waals surface area contributed by atoms with Crippen LogP contribution in [-0.2, 0) is 4.79 Å². The van der Waals surface area contributed by atoms with Crippen molar-refractivity contribution in [2.75, 3.05) is 19.7 Å². The van der Waals surface area contributed by atoms with E-state index in [0.717, 1.165) is 0 Å². The molecule has 0 bridgehead atoms. The molecule has 0 aromatic rings. The van der Waals surface area contributed by atoms with E-state index in [0.29, 0.717) is 13.1 Å². The molecule has 0 atom stereocenters. The number of nitrogens with two attached hydrogens (primary N) is 1. The summed E-state index contributed by atoms with van der Waals surface area (Å²) >= 11 is 0. The molecular formula is C8H19ClN2O2. The van der Waals surface area contributed by atoms with Gasteiger partial charge in [0.1, 0.15) is 0 Å². The summed E-state index contributed by atoms with van der Waals surface area (Å²) in [5, 5.41) is 8.65. The zero-order valence-corrected chi connectivity index (χ0v) is 9.23. The molecule has 3 N–H and O–H groups in total. The molecule has 0 unspecified atom stereocenters. The first-order chi connectivity index (χ1) is 5.43. The molecule has 0 saturated carbocycles. The van der Waals surface area contributed by atoms with Gasteiger partial charge in [0.05, 0.1) is 12.1 Å². The summed E-state index contributed by atoms with van der Waals surface area (Å²) < 4.78 is 0. The molecule has 4 nitrogen and oxygen atoms in total. The number of nitrogens with zero attached hydrogens (tertiary/aromatic N) is 1. The number of amides is 1. The third kappa shape index (κ3) is 5.08. The predicted octanol–water partition coefficient (Wildman–Crippen LogP) is -0.0137. The lowest BCUT2D eigenvalue weighted by molar-refractivity contribution is -0.136. The maximum atomic E-state index is 11.5. The molecule has 0 aromatic heterocycles. The van der Waals surface area contributed by atoms with Crippen LogP contribution in [0.4, 0.5) is 0 Å². The van der Waals surface area contributed by atoms with Gasteiger partial charge in [-0.15, -0.1) is 12.4 Å². The van der Waals surface area contributed by atoms with Gasteiger partial charge in [0, 0.05) is 13.1 Å². The van der Waals surface area contributed by atoms with Crippen molar-refractivity contribution in [3.05, 3.63) is 0 Å². The predicted molar refractivity (Wildman–Crippen MR) is 54.9 cm³/mol. The van der Waals surface area contributed by atoms with E-state index < -0.39 is 5.54 Å². The van der Waals surface area contributed by atoms with Crippen molar-refractivity contribution in [2.45, 2.75) is 26.3 Å². The first-order valence-corrected chi connectivity index (χ1v) is 4.12. The van der Waals surface area contributed by atoms with E-state index >= 15 is 0 Å². The Balaban J connectivity index is 0. The highest BCUT2D eigenvalue weighted by Gasteiger charge is 2.26. The number of carbonyl (C=O) groups excluding carboxylic acids is 1. The third-order valence-electron chi connectivity index (χ3n) is 1.59. The molecule has 1 amide bonds. The first-order valence-electron chi connectivity index (χ1n) is 4.12. The van der Waals surface area contributed by atoms with E-state index in [-0.39, 0.29) is 24.9 Å². The molecule has 0 saturated heterocycles. The van der Waals surface area contributed by atoms with Crippen molar-refractivity contribution in [3.63, 3.8) is 0 Å². The average Bonchev–Trinajstić information content (AvgIpc) is 1.97. The van der Waals surface area contributed by atoms with E-state index in [2.05, 4.69) is 0 Å². The summed E-state index contributed by atoms with van der Waals surface area (Å²) in [6.07, 6.45) is 0. The Labute approximate surface area is 85.5 Å². The van der Waals surface area contributed by atoms with Gasteiger partial charge in [-0.2, -0.15) is 0 Å². The van der Waals surface area contributed by atoms with Crippen molar-refractivity contribution >= 4 is 18.3 Å². The van der Waals surface area contributed by atoms with Crippen LogP contribution in [0.3, 0.4) is 0 Å². The number of hydrogen-bond donors (Lipinski definition) is 2. The fraction of sp³-hybridized carbons (Fsp3) is 0.875. The minimum Gasteiger partial charge on any atom is -0.395 e. The largest absolute Gasteiger partial charge is 0.395 e. The molecule has 80 valence electrons. The van der Waals surface area contributed by atoms with E-state index in [1.807, 2.05) is 6.92 Å². The highest BCUT2D eigenvalue weighted by molar-refractivity contribution is 5.85. The number of aliphatic hydroxyl groups excluding tert-OH is 1. The zero-order chi connectivity index (χ0) is 9.78. The maximum Gasteiger partial charge on any atom is 0.242 e. The van der Waals surface area contributed by atoms with Gasteiger partial charge in [-0.05, 0) is 20.8 Å². The average molecular weight is 211 g/mol. The molecule has 0 fully saturated rings. The minimum atomic E-state index is -0.842. The van der Waals surface area contributed by atoms with Gasteiger partial charge in [0.15, 0.2) is 0 Å². The standard InChI is InChI=1S/C8H18N2O2.ClH/c1-4-10(5-6-11)7(12)8(2,3)9;/h11H,4-6,9H2,1-3H3;1H. The van der Waals surface area contributed by atoms with Crippen molar-refractivity contribution in [3.8, 4) is 0 Å². The Morgan fingerprint density at radius 3 is 2.23 bits per heavy atom. The Bertz CT molecular complexity index is 157. The lowest BCUT2D eigenvalue weighted by Crippen LogP contribution is -2.51. The normalized spacial score (nSPS) is 10.5. The lowest BCUT2D eigenvalue weighted by Gasteiger charge is -2.27. The van der Waals surface area contributed by atoms with Gasteiger partial charge in [-0.3, -0.25) is 4.79 Å². The number of rotatable bonds is 4. The van der Waals surface area contributed by atoms with Gasteiger partial charge in [0.25, 0.3) is 0 Å². The van der Waals surface area contributed by atoms with Crippen molar-refractivity contribution in [1.82, 2.24) is 4.90 Å². The summed E-state index contributed by atoms with van der Waals surface area (Å²) in [5.74, 6) is -0.126. The van der Waals surface area contributed by atoms with E-state index in [9.17, 15) is 4.79 Å². The second kappa shape index (κ2) is 6.18. The topological polar surface area (TPSA) is 66.6 Å². The SMILES string of the molecule is CCN(CCO)C(=O)C(C)(C)N.Cl. The smallest absolute Gasteiger partial charge is 0.242 e. The minimum absolute atomic E-state index is 0. The third-order valence-corrected chi connectivity index (χ3v) is 1.59. The number of halogens is 1. The second-order valence-corrected chi connectivity index (χ2v) is 3.33. The number of hydrogen-bond acceptors (Lipinski definition) is 3. The molecular weight excluding hydrogens is 192 g/mol. The van der Waals surface area contributed by atoms with Crippen LogP contribution in [0.5, 0.6) is 0 Å². The molecule has 0 heterocycles. The maximum absolute atomic E-state index is 11.5. The first kappa shape index (κ1) is 15.2. The van der Waals surface area contributed by atoms with Crippen LogP contribution >= 0.6 is 12.4 Å². The summed E-state index contributed by atoms with van der Waals surface area (Å²) in [7, 11) is 0. The van der Waals surface area contributed by atoms with Crippen LogP contribution in [0, 0.1) is 0 Å². The van der Waals surface area contributed by atoms with Crippen LogP contribution in [0.2, 0.25) is 0 Å². The fourth-order valence-corrected chi connectivity index (χ4v) is 0.931. The van der Waals surface area contributed by atoms with Gasteiger partial charge < -0.3 is 15.7 Å². The van der Waals surface area contributed by atoms with Crippen molar-refractivity contribution in [2.24, 2.45) is 5.73 Å². The van der Waals surface area contributed by atoms with Crippen LogP contribution < -0.4 is 5.73 Å². The highest BCUT2D eigenvalue weighted by atomic mass is 35.5. The Morgan fingerprint density at radius 2 is 2.00 bits per heavy atom. The molecule has 0 aromatic carbocycles. The molecule has 0 aliphatic carbocycles. The second-order valence-electron chi connectivity index (χ2n) is 3.33. The van der Waals surface area contributed by atoms with Gasteiger partial charge in [-0.1, -0.05) is 0 Å². The number of carbonyl (C=O) groups is 1. The van der Waals surface area contributed by atoms with Gasteiger partial charge in [-0.25, -0.2) is 0 Å². The molecule has 13 heavy (non-hydrogen) atoms. The van der Waals surface area contributed by atoms with E-state index in [1.165, 1.54) is 0 Å². The summed E-state index contributed by atoms with van der Waals surface area (Å²) in [5.41, 5.74) is 4.77. The molecule has 0 rings (SSSR count). The summed E-state index contributed by atoms with van der Waals surface area (Å²) in [6.45, 7) is 6.11. The molecule has 0 aliphatic heterocycles. The number of aliphatic hydroxyl groups is 1. The van der Waals surface area contributed by atoms with Gasteiger partial charge in [0.2, 0.25) is 5.91 Å². The molecule has 0 radical (unpaired) electrons. The molecule has 0 spiro atoms. The van der Waals surface area contributed by atoms with Crippen LogP contribution in [0.25, 0.3) is 0 Å². The monoisotopic (exact) mass is 210 g/mol. The fourth-order valence-electron chi connectivity index (χ4n) is 0.931. The van der Waals surface area contributed by atoms with Crippen LogP contribution in [-0.4, -0.2) is 41.1 Å². The number of likely N-dealkylation sites (N-methyl/N-ethyl adjacent to an activating group) is 1. The van der Waals surface area contributed by atoms with Crippen LogP contribution in [0.1, 0.15) is 20.8 Å². The van der Waals surface area contributed by atoms with Crippen LogP contribution in [0.15, 0.2) is 0 Å². The summed E-state index contributed by atoms with van der Waals surface area (Å²) in [6, 6.07) is 0. The highest BCUT2D eigenvalue weighted by Crippen LogP contribution is 2.03. The Morgan fingerprint density at radius 1 is 1.54 bits per heavy atom. The zero-order valence-electron chi connectivity index (χ0n) is 8.41. The molecule has 5 heteroatoms. The van der Waals surface area contributed by atoms with Crippen molar-refractivity contribution < 1.29 is 9.90 Å². The van der Waals surface area contributed by atoms with Crippen molar-refractivity contribution in [1.29, 1.82) is 0 Å². The molecule has 0 aliphatic rings. The Kier molecular flexibility index (Phi) is 7.21.